The minimum absolute atomic E-state index is 0.147. The number of fused-ring (bicyclic) bond motifs is 3. The highest BCUT2D eigenvalue weighted by molar-refractivity contribution is 5.56. The zero-order valence-electron chi connectivity index (χ0n) is 37.8. The van der Waals surface area contributed by atoms with E-state index in [0.717, 1.165) is 70.6 Å². The van der Waals surface area contributed by atoms with Crippen molar-refractivity contribution in [2.75, 3.05) is 0 Å². The largest absolute Gasteiger partial charge is 0.485 e. The SMILES string of the molecule is C1=CCC(C2=C(C3=CC=CCC3C3=CCC(N(C4=CCC(C5=CC6C7=C(OC6C=C5)C(C5CC=CCC5)=CCC7)C=C4)C4=CC5=C(CC4)C4=C(C=CCC4)CC5)C=C3)CCC=C2)C=C1. The molecule has 0 amide bonds. The molecule has 0 saturated heterocycles. The predicted octanol–water partition coefficient (Wildman–Crippen LogP) is 15.5. The highest BCUT2D eigenvalue weighted by atomic mass is 16.5. The van der Waals surface area contributed by atoms with E-state index in [0.29, 0.717) is 35.6 Å². The van der Waals surface area contributed by atoms with Gasteiger partial charge in [-0.05, 0) is 195 Å². The van der Waals surface area contributed by atoms with Gasteiger partial charge in [-0.15, -0.1) is 0 Å². The minimum Gasteiger partial charge on any atom is -0.485 e. The van der Waals surface area contributed by atoms with Crippen molar-refractivity contribution in [1.29, 1.82) is 0 Å². The zero-order chi connectivity index (χ0) is 42.4. The maximum Gasteiger partial charge on any atom is 0.127 e. The molecule has 1 heterocycles. The van der Waals surface area contributed by atoms with E-state index in [2.05, 4.69) is 151 Å². The lowest BCUT2D eigenvalue weighted by molar-refractivity contribution is 0.165. The van der Waals surface area contributed by atoms with Crippen LogP contribution in [0.1, 0.15) is 109 Å². The Hall–Kier alpha value is -5.34. The molecule has 0 aromatic heterocycles. The minimum atomic E-state index is 0.147. The van der Waals surface area contributed by atoms with E-state index < -0.39 is 0 Å². The lowest BCUT2D eigenvalue weighted by Crippen LogP contribution is -2.35. The van der Waals surface area contributed by atoms with E-state index >= 15 is 0 Å². The second-order valence-electron chi connectivity index (χ2n) is 20.2. The summed E-state index contributed by atoms with van der Waals surface area (Å²) < 4.78 is 6.81. The molecular weight excluding hydrogens is 775 g/mol. The summed E-state index contributed by atoms with van der Waals surface area (Å²) in [6.07, 6.45) is 78.2. The molecule has 0 N–H and O–H groups in total. The van der Waals surface area contributed by atoms with Crippen LogP contribution in [0.5, 0.6) is 0 Å². The summed E-state index contributed by atoms with van der Waals surface area (Å²) >= 11 is 0. The molecule has 11 aliphatic carbocycles. The molecule has 2 nitrogen and oxygen atoms in total. The van der Waals surface area contributed by atoms with E-state index in [1.165, 1.54) is 78.0 Å². The topological polar surface area (TPSA) is 12.5 Å². The molecular formula is C62H65NO. The maximum atomic E-state index is 6.81. The number of ether oxygens (including phenoxy) is 1. The van der Waals surface area contributed by atoms with E-state index in [4.69, 9.17) is 4.74 Å². The summed E-state index contributed by atoms with van der Waals surface area (Å²) in [5, 5.41) is 0. The summed E-state index contributed by atoms with van der Waals surface area (Å²) in [7, 11) is 0. The molecule has 0 radical (unpaired) electrons. The smallest absolute Gasteiger partial charge is 0.127 e. The first kappa shape index (κ1) is 40.2. The van der Waals surface area contributed by atoms with Gasteiger partial charge in [-0.25, -0.2) is 0 Å². The monoisotopic (exact) mass is 840 g/mol. The Labute approximate surface area is 383 Å². The van der Waals surface area contributed by atoms with Crippen molar-refractivity contribution in [1.82, 2.24) is 4.90 Å². The third-order valence-electron chi connectivity index (χ3n) is 16.6. The van der Waals surface area contributed by atoms with Gasteiger partial charge in [-0.1, -0.05) is 128 Å². The normalized spacial score (nSPS) is 32.6. The molecule has 64 heavy (non-hydrogen) atoms. The molecule has 7 atom stereocenters. The second-order valence-corrected chi connectivity index (χ2v) is 20.2. The van der Waals surface area contributed by atoms with Crippen molar-refractivity contribution in [3.05, 3.63) is 224 Å². The third-order valence-corrected chi connectivity index (χ3v) is 16.6. The summed E-state index contributed by atoms with van der Waals surface area (Å²) in [6, 6.07) is 0.294. The highest BCUT2D eigenvalue weighted by Crippen LogP contribution is 2.49. The van der Waals surface area contributed by atoms with E-state index in [1.807, 2.05) is 0 Å². The fourth-order valence-electron chi connectivity index (χ4n) is 13.3. The van der Waals surface area contributed by atoms with E-state index in [1.54, 1.807) is 39.0 Å². The van der Waals surface area contributed by atoms with Crippen molar-refractivity contribution in [2.45, 2.75) is 121 Å². The third kappa shape index (κ3) is 7.53. The standard InChI is InChI=1S/C62H65NO/c1-3-14-43(15-4-1)53-20-9-11-22-57(53)58-23-12-10-21-54(58)46-30-35-50(36-31-46)63(51-37-38-55-48(40-51)27-26-45-18-7-8-19-52(45)55)49-33-28-42(29-34-49)47-32-39-61-60(41-47)59-25-13-24-56(62(59)64-61)44-16-5-2-6-17-44/h1-5,7,9-10,12,14,18,20,23-24,28,30-35,39-44,50,54,60-61H,6,8,11,13,15-17,19,21-22,25-27,29,36-38H2. The van der Waals surface area contributed by atoms with Gasteiger partial charge >= 0.3 is 0 Å². The molecule has 1 aliphatic heterocycles. The van der Waals surface area contributed by atoms with Crippen molar-refractivity contribution < 1.29 is 4.74 Å². The van der Waals surface area contributed by atoms with Crippen LogP contribution >= 0.6 is 0 Å². The molecule has 0 aromatic carbocycles. The number of rotatable bonds is 8. The van der Waals surface area contributed by atoms with Gasteiger partial charge in [0.2, 0.25) is 0 Å². The Morgan fingerprint density at radius 3 is 2.30 bits per heavy atom. The lowest BCUT2D eigenvalue weighted by Gasteiger charge is -2.40. The molecule has 0 fully saturated rings. The van der Waals surface area contributed by atoms with E-state index in [9.17, 15) is 0 Å². The number of nitrogens with zero attached hydrogens (tertiary/aromatic N) is 1. The molecule has 12 rings (SSSR count). The summed E-state index contributed by atoms with van der Waals surface area (Å²) in [5.74, 6) is 3.51. The van der Waals surface area contributed by atoms with Gasteiger partial charge in [0, 0.05) is 35.1 Å². The maximum absolute atomic E-state index is 6.81. The molecule has 0 saturated carbocycles. The first-order valence-corrected chi connectivity index (χ1v) is 25.4. The van der Waals surface area contributed by atoms with Gasteiger partial charge < -0.3 is 9.64 Å². The Kier molecular flexibility index (Phi) is 11.0. The predicted molar refractivity (Wildman–Crippen MR) is 265 cm³/mol. The average Bonchev–Trinajstić information content (AvgIpc) is 3.76. The Balaban J connectivity index is 0.818. The molecule has 0 spiro atoms. The van der Waals surface area contributed by atoms with Crippen molar-refractivity contribution in [3.8, 4) is 0 Å². The van der Waals surface area contributed by atoms with Crippen LogP contribution < -0.4 is 0 Å². The average molecular weight is 840 g/mol. The van der Waals surface area contributed by atoms with Crippen LogP contribution in [0.2, 0.25) is 0 Å². The number of hydrogen-bond acceptors (Lipinski definition) is 2. The van der Waals surface area contributed by atoms with Crippen molar-refractivity contribution in [2.24, 2.45) is 29.6 Å². The number of hydrogen-bond donors (Lipinski definition) is 0. The van der Waals surface area contributed by atoms with Crippen LogP contribution in [0.15, 0.2) is 224 Å². The first-order chi connectivity index (χ1) is 31.7. The van der Waals surface area contributed by atoms with Crippen molar-refractivity contribution >= 4 is 0 Å². The Morgan fingerprint density at radius 1 is 0.547 bits per heavy atom. The van der Waals surface area contributed by atoms with Gasteiger partial charge in [0.15, 0.2) is 0 Å². The van der Waals surface area contributed by atoms with Crippen LogP contribution in [0.3, 0.4) is 0 Å². The Bertz CT molecular complexity index is 2590. The van der Waals surface area contributed by atoms with Crippen LogP contribution in [0.25, 0.3) is 0 Å². The molecule has 0 aromatic rings. The lowest BCUT2D eigenvalue weighted by atomic mass is 9.74. The molecule has 0 bridgehead atoms. The van der Waals surface area contributed by atoms with Crippen LogP contribution in [0.4, 0.5) is 0 Å². The highest BCUT2D eigenvalue weighted by Gasteiger charge is 2.40. The first-order valence-electron chi connectivity index (χ1n) is 25.4. The summed E-state index contributed by atoms with van der Waals surface area (Å²) in [5.41, 5.74) is 20.1. The fourth-order valence-corrected chi connectivity index (χ4v) is 13.3. The van der Waals surface area contributed by atoms with E-state index in [-0.39, 0.29) is 6.10 Å². The molecule has 12 aliphatic rings. The number of allylic oxidation sites excluding steroid dienone is 31. The quantitative estimate of drug-likeness (QED) is 0.226. The van der Waals surface area contributed by atoms with Gasteiger partial charge in [-0.3, -0.25) is 0 Å². The van der Waals surface area contributed by atoms with Gasteiger partial charge in [-0.2, -0.15) is 0 Å². The second kappa shape index (κ2) is 17.6. The van der Waals surface area contributed by atoms with Crippen LogP contribution in [-0.2, 0) is 4.74 Å². The van der Waals surface area contributed by atoms with Gasteiger partial charge in [0.05, 0.1) is 6.04 Å². The van der Waals surface area contributed by atoms with Gasteiger partial charge in [0.1, 0.15) is 11.9 Å². The van der Waals surface area contributed by atoms with Crippen LogP contribution in [0, 0.1) is 29.6 Å². The summed E-state index contributed by atoms with van der Waals surface area (Å²) in [4.78, 5) is 2.76. The van der Waals surface area contributed by atoms with Crippen LogP contribution in [-0.4, -0.2) is 17.0 Å². The Morgan fingerprint density at radius 2 is 1.44 bits per heavy atom. The van der Waals surface area contributed by atoms with Crippen molar-refractivity contribution in [3.63, 3.8) is 0 Å². The zero-order valence-corrected chi connectivity index (χ0v) is 37.8. The van der Waals surface area contributed by atoms with Gasteiger partial charge in [0.25, 0.3) is 0 Å². The molecule has 324 valence electrons. The molecule has 7 unspecified atom stereocenters. The molecule has 2 heteroatoms. The summed E-state index contributed by atoms with van der Waals surface area (Å²) in [6.45, 7) is 0. The fraction of sp³-hybridized carbons (Fsp3) is 0.387.